The van der Waals surface area contributed by atoms with Crippen molar-refractivity contribution in [2.24, 2.45) is 5.92 Å². The molecule has 0 radical (unpaired) electrons. The zero-order chi connectivity index (χ0) is 25.8. The van der Waals surface area contributed by atoms with Crippen LogP contribution in [0, 0.1) is 11.7 Å². The normalized spacial score (nSPS) is 18.5. The minimum atomic E-state index is -0.487. The molecule has 3 aromatic rings. The highest BCUT2D eigenvalue weighted by atomic mass is 19.1. The Morgan fingerprint density at radius 2 is 1.92 bits per heavy atom. The smallest absolute Gasteiger partial charge is 0.259 e. The van der Waals surface area contributed by atoms with Crippen LogP contribution < -0.4 is 4.74 Å². The van der Waals surface area contributed by atoms with E-state index in [1.165, 1.54) is 29.2 Å². The quantitative estimate of drug-likeness (QED) is 0.568. The topological polar surface area (TPSA) is 95.9 Å². The summed E-state index contributed by atoms with van der Waals surface area (Å²) in [6.45, 7) is 4.07. The predicted molar refractivity (Wildman–Crippen MR) is 132 cm³/mol. The number of ether oxygens (including phenoxy) is 1. The van der Waals surface area contributed by atoms with Gasteiger partial charge in [-0.25, -0.2) is 9.37 Å². The van der Waals surface area contributed by atoms with Crippen molar-refractivity contribution in [3.05, 3.63) is 78.0 Å². The first-order valence-electron chi connectivity index (χ1n) is 11.8. The molecule has 1 aliphatic heterocycles. The molecule has 0 fully saturated rings. The predicted octanol–water partition coefficient (Wildman–Crippen LogP) is 3.28. The molecule has 2 amide bonds. The molecule has 4 rings (SSSR count). The number of halogens is 1. The summed E-state index contributed by atoms with van der Waals surface area (Å²) in [6.07, 6.45) is 4.48. The van der Waals surface area contributed by atoms with Gasteiger partial charge in [-0.15, -0.1) is 0 Å². The third-order valence-electron chi connectivity index (χ3n) is 6.43. The summed E-state index contributed by atoms with van der Waals surface area (Å²) < 4.78 is 19.6. The molecule has 0 saturated carbocycles. The molecular weight excluding hydrogens is 463 g/mol. The maximum atomic E-state index is 13.6. The molecule has 36 heavy (non-hydrogen) atoms. The third-order valence-corrected chi connectivity index (χ3v) is 6.43. The molecule has 3 heterocycles. The average Bonchev–Trinajstić information content (AvgIpc) is 2.90. The summed E-state index contributed by atoms with van der Waals surface area (Å²) in [5.41, 5.74) is 2.24. The molecule has 1 aromatic carbocycles. The lowest BCUT2D eigenvalue weighted by Gasteiger charge is -2.37. The first kappa shape index (κ1) is 25.2. The van der Waals surface area contributed by atoms with Crippen LogP contribution in [0.4, 0.5) is 4.39 Å². The molecule has 1 aliphatic rings. The average molecular weight is 493 g/mol. The van der Waals surface area contributed by atoms with Gasteiger partial charge in [-0.3, -0.25) is 14.6 Å². The van der Waals surface area contributed by atoms with Crippen molar-refractivity contribution in [3.63, 3.8) is 0 Å². The van der Waals surface area contributed by atoms with Crippen LogP contribution >= 0.6 is 0 Å². The first-order chi connectivity index (χ1) is 17.3. The van der Waals surface area contributed by atoms with E-state index in [-0.39, 0.29) is 42.3 Å². The molecule has 188 valence electrons. The lowest BCUT2D eigenvalue weighted by atomic mass is 9.99. The third kappa shape index (κ3) is 5.36. The minimum absolute atomic E-state index is 0.173. The fraction of sp³-hybridized carbons (Fsp3) is 0.333. The first-order valence-corrected chi connectivity index (χ1v) is 11.8. The number of nitrogens with zero attached hydrogens (tertiary/aromatic N) is 4. The number of amides is 2. The molecule has 1 N–H and O–H groups in total. The summed E-state index contributed by atoms with van der Waals surface area (Å²) in [4.78, 5) is 38.1. The van der Waals surface area contributed by atoms with Crippen LogP contribution in [0.15, 0.2) is 61.1 Å². The molecule has 3 atom stereocenters. The van der Waals surface area contributed by atoms with Gasteiger partial charge in [-0.05, 0) is 55.0 Å². The molecule has 0 spiro atoms. The number of carbonyl (C=O) groups excluding carboxylic acids is 2. The number of rotatable bonds is 6. The van der Waals surface area contributed by atoms with E-state index in [0.29, 0.717) is 12.1 Å². The largest absolute Gasteiger partial charge is 0.472 e. The fourth-order valence-corrected chi connectivity index (χ4v) is 4.19. The Kier molecular flexibility index (Phi) is 7.59. The maximum Gasteiger partial charge on any atom is 0.259 e. The van der Waals surface area contributed by atoms with E-state index in [2.05, 4.69) is 9.97 Å². The standard InChI is InChI=1S/C27H29FN4O4/c1-17-14-32(18(2)16-33)27(35)23-12-21(19-8-10-29-11-9-19)13-30-25(23)36-24(17)15-31(3)26(34)20-4-6-22(28)7-5-20/h4-13,17-18,24,33H,14-16H2,1-3H3/t17-,18-,24+/m0/s1. The van der Waals surface area contributed by atoms with Crippen LogP contribution in [0.1, 0.15) is 34.6 Å². The van der Waals surface area contributed by atoms with Gasteiger partial charge >= 0.3 is 0 Å². The second kappa shape index (κ2) is 10.8. The van der Waals surface area contributed by atoms with E-state index >= 15 is 0 Å². The fourth-order valence-electron chi connectivity index (χ4n) is 4.19. The van der Waals surface area contributed by atoms with E-state index in [4.69, 9.17) is 4.74 Å². The van der Waals surface area contributed by atoms with Crippen molar-refractivity contribution in [3.8, 4) is 17.0 Å². The number of fused-ring (bicyclic) bond motifs is 1. The Labute approximate surface area is 209 Å². The van der Waals surface area contributed by atoms with Crippen LogP contribution in [0.5, 0.6) is 5.88 Å². The van der Waals surface area contributed by atoms with Gasteiger partial charge in [0.15, 0.2) is 0 Å². The van der Waals surface area contributed by atoms with Crippen LogP contribution in [-0.4, -0.2) is 75.6 Å². The number of pyridine rings is 2. The van der Waals surface area contributed by atoms with Crippen LogP contribution in [0.25, 0.3) is 11.1 Å². The lowest BCUT2D eigenvalue weighted by molar-refractivity contribution is 0.0313. The number of aliphatic hydroxyl groups is 1. The van der Waals surface area contributed by atoms with Crippen molar-refractivity contribution in [1.29, 1.82) is 0 Å². The van der Waals surface area contributed by atoms with Crippen LogP contribution in [0.3, 0.4) is 0 Å². The second-order valence-electron chi connectivity index (χ2n) is 9.13. The number of likely N-dealkylation sites (N-methyl/N-ethyl adjacent to an activating group) is 1. The molecule has 0 unspecified atom stereocenters. The highest BCUT2D eigenvalue weighted by Crippen LogP contribution is 2.30. The Hall–Kier alpha value is -3.85. The highest BCUT2D eigenvalue weighted by Gasteiger charge is 2.35. The van der Waals surface area contributed by atoms with E-state index in [1.807, 2.05) is 19.1 Å². The Morgan fingerprint density at radius 1 is 1.22 bits per heavy atom. The second-order valence-corrected chi connectivity index (χ2v) is 9.13. The van der Waals surface area contributed by atoms with Crippen LogP contribution in [-0.2, 0) is 0 Å². The van der Waals surface area contributed by atoms with Crippen molar-refractivity contribution >= 4 is 11.8 Å². The van der Waals surface area contributed by atoms with E-state index in [0.717, 1.165) is 11.1 Å². The molecule has 0 saturated heterocycles. The van der Waals surface area contributed by atoms with Gasteiger partial charge in [0, 0.05) is 49.2 Å². The Morgan fingerprint density at radius 3 is 2.58 bits per heavy atom. The van der Waals surface area contributed by atoms with Gasteiger partial charge in [0.05, 0.1) is 19.2 Å². The summed E-state index contributed by atoms with van der Waals surface area (Å²) in [5.74, 6) is -0.974. The Bertz CT molecular complexity index is 1220. The van der Waals surface area contributed by atoms with E-state index < -0.39 is 18.0 Å². The summed E-state index contributed by atoms with van der Waals surface area (Å²) in [5, 5.41) is 9.84. The van der Waals surface area contributed by atoms with Crippen molar-refractivity contribution < 1.29 is 23.8 Å². The summed E-state index contributed by atoms with van der Waals surface area (Å²) in [6, 6.07) is 10.3. The van der Waals surface area contributed by atoms with Gasteiger partial charge in [0.2, 0.25) is 5.88 Å². The van der Waals surface area contributed by atoms with Gasteiger partial charge in [-0.1, -0.05) is 6.92 Å². The number of hydrogen-bond donors (Lipinski definition) is 1. The summed E-state index contributed by atoms with van der Waals surface area (Å²) >= 11 is 0. The number of hydrogen-bond acceptors (Lipinski definition) is 6. The maximum absolute atomic E-state index is 13.6. The van der Waals surface area contributed by atoms with Crippen molar-refractivity contribution in [2.75, 3.05) is 26.7 Å². The van der Waals surface area contributed by atoms with Gasteiger partial charge in [0.25, 0.3) is 11.8 Å². The molecule has 8 nitrogen and oxygen atoms in total. The summed E-state index contributed by atoms with van der Waals surface area (Å²) in [7, 11) is 1.65. The molecule has 0 bridgehead atoms. The minimum Gasteiger partial charge on any atom is -0.472 e. The molecular formula is C27H29FN4O4. The van der Waals surface area contributed by atoms with Crippen molar-refractivity contribution in [2.45, 2.75) is 26.0 Å². The van der Waals surface area contributed by atoms with E-state index in [1.54, 1.807) is 43.5 Å². The number of aliphatic hydroxyl groups excluding tert-OH is 1. The zero-order valence-electron chi connectivity index (χ0n) is 20.5. The molecule has 9 heteroatoms. The highest BCUT2D eigenvalue weighted by molar-refractivity contribution is 5.98. The number of benzene rings is 1. The molecule has 0 aliphatic carbocycles. The monoisotopic (exact) mass is 492 g/mol. The van der Waals surface area contributed by atoms with E-state index in [9.17, 15) is 19.1 Å². The van der Waals surface area contributed by atoms with Gasteiger partial charge < -0.3 is 19.6 Å². The van der Waals surface area contributed by atoms with Crippen LogP contribution in [0.2, 0.25) is 0 Å². The van der Waals surface area contributed by atoms with Gasteiger partial charge in [-0.2, -0.15) is 0 Å². The number of carbonyl (C=O) groups is 2. The van der Waals surface area contributed by atoms with Gasteiger partial charge in [0.1, 0.15) is 17.5 Å². The number of aromatic nitrogens is 2. The zero-order valence-corrected chi connectivity index (χ0v) is 20.5. The molecule has 2 aromatic heterocycles. The SMILES string of the molecule is C[C@H]1CN([C@@H](C)CO)C(=O)c2cc(-c3ccncc3)cnc2O[C@@H]1CN(C)C(=O)c1ccc(F)cc1. The van der Waals surface area contributed by atoms with Crippen molar-refractivity contribution in [1.82, 2.24) is 19.8 Å². The Balaban J connectivity index is 1.66. The lowest BCUT2D eigenvalue weighted by Crippen LogP contribution is -2.50.